The SMILES string of the molecule is COC(=O)C[C@@H]1C(=O)NCCN1C(=O)CCc1ncc(-c2c(F)cccc2F)o1. The van der Waals surface area contributed by atoms with Gasteiger partial charge in [0.05, 0.1) is 25.3 Å². The number of nitrogens with zero attached hydrogens (tertiary/aromatic N) is 2. The maximum atomic E-state index is 13.9. The number of methoxy groups -OCH3 is 1. The molecule has 2 amide bonds. The fraction of sp³-hybridized carbons (Fsp3) is 0.368. The zero-order valence-electron chi connectivity index (χ0n) is 15.6. The van der Waals surface area contributed by atoms with Gasteiger partial charge in [-0.05, 0) is 12.1 Å². The maximum Gasteiger partial charge on any atom is 0.308 e. The monoisotopic (exact) mass is 407 g/mol. The van der Waals surface area contributed by atoms with Crippen LogP contribution in [-0.4, -0.2) is 53.9 Å². The molecule has 0 aliphatic carbocycles. The van der Waals surface area contributed by atoms with Crippen LogP contribution in [-0.2, 0) is 25.5 Å². The number of carbonyl (C=O) groups is 3. The van der Waals surface area contributed by atoms with E-state index in [0.29, 0.717) is 0 Å². The minimum Gasteiger partial charge on any atom is -0.469 e. The van der Waals surface area contributed by atoms with Gasteiger partial charge in [0.1, 0.15) is 17.7 Å². The van der Waals surface area contributed by atoms with Crippen LogP contribution in [0.5, 0.6) is 0 Å². The Balaban J connectivity index is 1.66. The number of rotatable bonds is 6. The average Bonchev–Trinajstić information content (AvgIpc) is 3.16. The molecule has 8 nitrogen and oxygen atoms in total. The van der Waals surface area contributed by atoms with Crippen molar-refractivity contribution in [2.75, 3.05) is 20.2 Å². The topological polar surface area (TPSA) is 102 Å². The van der Waals surface area contributed by atoms with Gasteiger partial charge in [-0.1, -0.05) is 6.07 Å². The minimum atomic E-state index is -0.948. The molecule has 3 rings (SSSR count). The molecule has 1 saturated heterocycles. The van der Waals surface area contributed by atoms with Gasteiger partial charge < -0.3 is 19.4 Å². The number of oxazole rings is 1. The smallest absolute Gasteiger partial charge is 0.308 e. The molecule has 2 heterocycles. The fourth-order valence-electron chi connectivity index (χ4n) is 3.09. The minimum absolute atomic E-state index is 0.0509. The van der Waals surface area contributed by atoms with Crippen molar-refractivity contribution in [3.8, 4) is 11.3 Å². The Morgan fingerprint density at radius 2 is 2.07 bits per heavy atom. The maximum absolute atomic E-state index is 13.9. The largest absolute Gasteiger partial charge is 0.469 e. The second-order valence-electron chi connectivity index (χ2n) is 6.39. The van der Waals surface area contributed by atoms with Crippen LogP contribution < -0.4 is 5.32 Å². The van der Waals surface area contributed by atoms with E-state index >= 15 is 0 Å². The number of piperazine rings is 1. The third kappa shape index (κ3) is 4.58. The van der Waals surface area contributed by atoms with E-state index < -0.39 is 29.6 Å². The van der Waals surface area contributed by atoms with Crippen molar-refractivity contribution in [3.05, 3.63) is 41.9 Å². The average molecular weight is 407 g/mol. The number of aryl methyl sites for hydroxylation is 1. The first kappa shape index (κ1) is 20.4. The summed E-state index contributed by atoms with van der Waals surface area (Å²) in [5.74, 6) is -2.92. The van der Waals surface area contributed by atoms with E-state index in [1.54, 1.807) is 0 Å². The lowest BCUT2D eigenvalue weighted by Gasteiger charge is -2.34. The van der Waals surface area contributed by atoms with E-state index in [-0.39, 0.29) is 55.5 Å². The number of ether oxygens (including phenoxy) is 1. The number of aromatic nitrogens is 1. The van der Waals surface area contributed by atoms with E-state index in [4.69, 9.17) is 4.42 Å². The van der Waals surface area contributed by atoms with Crippen molar-refractivity contribution in [3.63, 3.8) is 0 Å². The summed E-state index contributed by atoms with van der Waals surface area (Å²) < 4.78 is 37.7. The first-order valence-electron chi connectivity index (χ1n) is 8.93. The van der Waals surface area contributed by atoms with Crippen molar-refractivity contribution >= 4 is 17.8 Å². The lowest BCUT2D eigenvalue weighted by molar-refractivity contribution is -0.150. The van der Waals surface area contributed by atoms with Crippen LogP contribution in [0.2, 0.25) is 0 Å². The number of amides is 2. The predicted molar refractivity (Wildman–Crippen MR) is 95.3 cm³/mol. The molecule has 0 saturated carbocycles. The van der Waals surface area contributed by atoms with Crippen molar-refractivity contribution in [2.45, 2.75) is 25.3 Å². The van der Waals surface area contributed by atoms with Crippen LogP contribution in [0.15, 0.2) is 28.8 Å². The Kier molecular flexibility index (Phi) is 6.20. The Morgan fingerprint density at radius 3 is 2.76 bits per heavy atom. The number of benzene rings is 1. The summed E-state index contributed by atoms with van der Waals surface area (Å²) in [6.45, 7) is 0.529. The number of esters is 1. The Morgan fingerprint density at radius 1 is 1.34 bits per heavy atom. The van der Waals surface area contributed by atoms with Gasteiger partial charge in [0.15, 0.2) is 11.7 Å². The highest BCUT2D eigenvalue weighted by molar-refractivity contribution is 5.91. The first-order chi connectivity index (χ1) is 13.9. The lowest BCUT2D eigenvalue weighted by atomic mass is 10.1. The molecule has 2 aromatic rings. The number of carbonyl (C=O) groups excluding carboxylic acids is 3. The van der Waals surface area contributed by atoms with Crippen LogP contribution in [0.1, 0.15) is 18.7 Å². The molecule has 1 aromatic heterocycles. The van der Waals surface area contributed by atoms with Gasteiger partial charge in [0.25, 0.3) is 0 Å². The van der Waals surface area contributed by atoms with Gasteiger partial charge in [-0.15, -0.1) is 0 Å². The third-order valence-electron chi connectivity index (χ3n) is 4.55. The van der Waals surface area contributed by atoms with E-state index in [1.165, 1.54) is 24.3 Å². The summed E-state index contributed by atoms with van der Waals surface area (Å²) in [4.78, 5) is 41.4. The highest BCUT2D eigenvalue weighted by Gasteiger charge is 2.34. The summed E-state index contributed by atoms with van der Waals surface area (Å²) in [6, 6.07) is 2.50. The highest BCUT2D eigenvalue weighted by Crippen LogP contribution is 2.27. The Bertz CT molecular complexity index is 910. The molecular formula is C19H19F2N3O5. The molecule has 0 spiro atoms. The van der Waals surface area contributed by atoms with E-state index in [0.717, 1.165) is 12.1 Å². The molecule has 0 radical (unpaired) electrons. The molecule has 1 aliphatic heterocycles. The summed E-state index contributed by atoms with van der Waals surface area (Å²) >= 11 is 0. The van der Waals surface area contributed by atoms with Crippen molar-refractivity contribution in [2.24, 2.45) is 0 Å². The highest BCUT2D eigenvalue weighted by atomic mass is 19.1. The van der Waals surface area contributed by atoms with Gasteiger partial charge in [0.2, 0.25) is 11.8 Å². The summed E-state index contributed by atoms with van der Waals surface area (Å²) in [6.07, 6.45) is 0.960. The van der Waals surface area contributed by atoms with E-state index in [9.17, 15) is 23.2 Å². The van der Waals surface area contributed by atoms with Crippen LogP contribution in [0.4, 0.5) is 8.78 Å². The molecule has 29 heavy (non-hydrogen) atoms. The zero-order chi connectivity index (χ0) is 21.0. The standard InChI is InChI=1S/C19H19F2N3O5/c1-28-17(26)9-13-19(27)22-7-8-24(13)16(25)6-5-15-23-10-14(29-15)18-11(20)3-2-4-12(18)21/h2-4,10,13H,5-9H2,1H3,(H,22,27)/t13-/m1/s1. The van der Waals surface area contributed by atoms with E-state index in [2.05, 4.69) is 15.0 Å². The number of nitrogens with one attached hydrogen (secondary N) is 1. The third-order valence-corrected chi connectivity index (χ3v) is 4.55. The molecule has 1 aromatic carbocycles. The van der Waals surface area contributed by atoms with Gasteiger partial charge in [0, 0.05) is 25.9 Å². The second kappa shape index (κ2) is 8.80. The molecular weight excluding hydrogens is 388 g/mol. The molecule has 0 unspecified atom stereocenters. The predicted octanol–water partition coefficient (Wildman–Crippen LogP) is 1.44. The van der Waals surface area contributed by atoms with Crippen LogP contribution >= 0.6 is 0 Å². The number of hydrogen-bond acceptors (Lipinski definition) is 6. The fourth-order valence-corrected chi connectivity index (χ4v) is 3.09. The Labute approximate surface area is 164 Å². The molecule has 1 N–H and O–H groups in total. The van der Waals surface area contributed by atoms with Gasteiger partial charge in [-0.25, -0.2) is 13.8 Å². The molecule has 0 bridgehead atoms. The summed E-state index contributed by atoms with van der Waals surface area (Å²) in [5.41, 5.74) is -0.330. The summed E-state index contributed by atoms with van der Waals surface area (Å²) in [5, 5.41) is 2.61. The van der Waals surface area contributed by atoms with Crippen LogP contribution in [0.25, 0.3) is 11.3 Å². The lowest BCUT2D eigenvalue weighted by Crippen LogP contribution is -2.57. The quantitative estimate of drug-likeness (QED) is 0.728. The van der Waals surface area contributed by atoms with Crippen molar-refractivity contribution in [1.82, 2.24) is 15.2 Å². The Hall–Kier alpha value is -3.30. The van der Waals surface area contributed by atoms with Crippen molar-refractivity contribution < 1.29 is 32.3 Å². The first-order valence-corrected chi connectivity index (χ1v) is 8.93. The normalized spacial score (nSPS) is 16.4. The van der Waals surface area contributed by atoms with Crippen LogP contribution in [0.3, 0.4) is 0 Å². The molecule has 1 fully saturated rings. The number of halogens is 2. The zero-order valence-corrected chi connectivity index (χ0v) is 15.6. The second-order valence-corrected chi connectivity index (χ2v) is 6.39. The molecule has 1 atom stereocenters. The van der Waals surface area contributed by atoms with E-state index in [1.807, 2.05) is 0 Å². The summed E-state index contributed by atoms with van der Waals surface area (Å²) in [7, 11) is 1.20. The van der Waals surface area contributed by atoms with Gasteiger partial charge >= 0.3 is 5.97 Å². The van der Waals surface area contributed by atoms with Crippen LogP contribution in [0, 0.1) is 11.6 Å². The van der Waals surface area contributed by atoms with Gasteiger partial charge in [-0.2, -0.15) is 0 Å². The molecule has 10 heteroatoms. The molecule has 154 valence electrons. The van der Waals surface area contributed by atoms with Gasteiger partial charge in [-0.3, -0.25) is 14.4 Å². The number of hydrogen-bond donors (Lipinski definition) is 1. The van der Waals surface area contributed by atoms with Crippen molar-refractivity contribution in [1.29, 1.82) is 0 Å². The molecule has 1 aliphatic rings.